The summed E-state index contributed by atoms with van der Waals surface area (Å²) in [4.78, 5) is 69.8. The van der Waals surface area contributed by atoms with Gasteiger partial charge in [-0.25, -0.2) is 9.59 Å². The molecule has 2 aromatic carbocycles. The standard InChI is InChI=1S/C23H25BN3O10P/c28-18-6-1-2-11-27(18)23(32)26-19(13-7-9-15(10-8-13)38(34,35)36)21(29)25-17-12-14-4-3-5-16(22(30)31)20(14)37-24(17)33/h3-5,7-10,17,19,33H,1-2,6,11-12H2,(H,25,29)(H,26,32)(H,30,31)(H2,34,35,36). The Balaban J connectivity index is 1.58. The van der Waals surface area contributed by atoms with Crippen molar-refractivity contribution in [1.29, 1.82) is 0 Å². The maximum Gasteiger partial charge on any atom is 0.547 e. The van der Waals surface area contributed by atoms with Crippen molar-refractivity contribution < 1.29 is 48.3 Å². The Kier molecular flexibility index (Phi) is 7.88. The molecule has 15 heteroatoms. The Morgan fingerprint density at radius 3 is 2.45 bits per heavy atom. The number of fused-ring (bicyclic) bond motifs is 1. The zero-order chi connectivity index (χ0) is 27.6. The van der Waals surface area contributed by atoms with E-state index in [0.717, 1.165) is 17.0 Å². The second-order valence-electron chi connectivity index (χ2n) is 8.95. The highest BCUT2D eigenvalue weighted by Gasteiger charge is 2.39. The van der Waals surface area contributed by atoms with Crippen molar-refractivity contribution in [2.75, 3.05) is 6.54 Å². The van der Waals surface area contributed by atoms with Gasteiger partial charge in [0.15, 0.2) is 0 Å². The highest BCUT2D eigenvalue weighted by atomic mass is 31.2. The van der Waals surface area contributed by atoms with Gasteiger partial charge in [0.25, 0.3) is 0 Å². The number of imide groups is 1. The summed E-state index contributed by atoms with van der Waals surface area (Å²) in [5.74, 6) is -3.47. The summed E-state index contributed by atoms with van der Waals surface area (Å²) in [5.41, 5.74) is 0.455. The van der Waals surface area contributed by atoms with Crippen LogP contribution in [-0.2, 0) is 20.6 Å². The second kappa shape index (κ2) is 11.0. The van der Waals surface area contributed by atoms with Crippen LogP contribution in [0.15, 0.2) is 42.5 Å². The monoisotopic (exact) mass is 545 g/mol. The van der Waals surface area contributed by atoms with E-state index in [0.29, 0.717) is 18.4 Å². The number of carbonyl (C=O) groups is 4. The molecule has 1 saturated heterocycles. The summed E-state index contributed by atoms with van der Waals surface area (Å²) in [6, 6.07) is 6.97. The molecule has 13 nitrogen and oxygen atoms in total. The fourth-order valence-electron chi connectivity index (χ4n) is 4.37. The van der Waals surface area contributed by atoms with Gasteiger partial charge in [0, 0.05) is 13.0 Å². The van der Waals surface area contributed by atoms with Crippen molar-refractivity contribution in [3.05, 3.63) is 59.2 Å². The van der Waals surface area contributed by atoms with Crippen LogP contribution >= 0.6 is 7.60 Å². The van der Waals surface area contributed by atoms with E-state index in [2.05, 4.69) is 10.6 Å². The van der Waals surface area contributed by atoms with E-state index in [1.165, 1.54) is 24.3 Å². The number of amides is 4. The first kappa shape index (κ1) is 27.3. The predicted octanol–water partition coefficient (Wildman–Crippen LogP) is 0.0906. The van der Waals surface area contributed by atoms with E-state index in [1.807, 2.05) is 0 Å². The summed E-state index contributed by atoms with van der Waals surface area (Å²) in [5, 5.41) is 24.7. The van der Waals surface area contributed by atoms with Crippen LogP contribution in [-0.4, -0.2) is 68.2 Å². The van der Waals surface area contributed by atoms with Crippen molar-refractivity contribution in [2.45, 2.75) is 37.7 Å². The van der Waals surface area contributed by atoms with Crippen LogP contribution in [0.3, 0.4) is 0 Å². The van der Waals surface area contributed by atoms with Gasteiger partial charge in [-0.05, 0) is 48.6 Å². The van der Waals surface area contributed by atoms with E-state index < -0.39 is 50.5 Å². The van der Waals surface area contributed by atoms with Crippen molar-refractivity contribution in [2.24, 2.45) is 0 Å². The molecule has 0 radical (unpaired) electrons. The molecule has 200 valence electrons. The molecule has 2 atom stereocenters. The number of aromatic carboxylic acids is 1. The van der Waals surface area contributed by atoms with Gasteiger partial charge in [-0.15, -0.1) is 0 Å². The van der Waals surface area contributed by atoms with Gasteiger partial charge >= 0.3 is 26.7 Å². The molecule has 1 fully saturated rings. The molecule has 2 aromatic rings. The molecular weight excluding hydrogens is 520 g/mol. The molecule has 38 heavy (non-hydrogen) atoms. The third kappa shape index (κ3) is 5.89. The molecule has 2 heterocycles. The van der Waals surface area contributed by atoms with Crippen LogP contribution in [0.2, 0.25) is 0 Å². The molecule has 2 aliphatic heterocycles. The van der Waals surface area contributed by atoms with Crippen molar-refractivity contribution in [3.8, 4) is 5.75 Å². The fraction of sp³-hybridized carbons (Fsp3) is 0.304. The Morgan fingerprint density at radius 2 is 1.82 bits per heavy atom. The highest BCUT2D eigenvalue weighted by molar-refractivity contribution is 7.60. The minimum atomic E-state index is -4.56. The molecule has 0 aromatic heterocycles. The van der Waals surface area contributed by atoms with Crippen LogP contribution in [0.1, 0.15) is 46.8 Å². The maximum atomic E-state index is 13.4. The first-order valence-electron chi connectivity index (χ1n) is 11.7. The van der Waals surface area contributed by atoms with Crippen molar-refractivity contribution in [3.63, 3.8) is 0 Å². The Hall–Kier alpha value is -3.71. The zero-order valence-electron chi connectivity index (χ0n) is 19.9. The normalized spacial score (nSPS) is 18.2. The van der Waals surface area contributed by atoms with E-state index in [4.69, 9.17) is 4.65 Å². The number of para-hydroxylation sites is 1. The SMILES string of the molecule is O=C(O)c1cccc2c1OB(O)C(NC(=O)C(NC(=O)N1CCCCC1=O)c1ccc(P(=O)(O)O)cc1)C2. The number of carbonyl (C=O) groups excluding carboxylic acids is 3. The number of rotatable bonds is 6. The third-order valence-corrected chi connectivity index (χ3v) is 7.31. The first-order valence-corrected chi connectivity index (χ1v) is 13.3. The van der Waals surface area contributed by atoms with E-state index >= 15 is 0 Å². The minimum Gasteiger partial charge on any atom is -0.534 e. The lowest BCUT2D eigenvalue weighted by Gasteiger charge is -2.31. The van der Waals surface area contributed by atoms with Gasteiger partial charge in [-0.1, -0.05) is 24.3 Å². The molecule has 0 aliphatic carbocycles. The minimum absolute atomic E-state index is 0.0144. The Morgan fingerprint density at radius 1 is 1.11 bits per heavy atom. The first-order chi connectivity index (χ1) is 18.0. The molecular formula is C23H25BN3O10P. The van der Waals surface area contributed by atoms with Gasteiger partial charge in [0.2, 0.25) is 11.8 Å². The zero-order valence-corrected chi connectivity index (χ0v) is 20.8. The fourth-order valence-corrected chi connectivity index (χ4v) is 4.90. The number of nitrogens with one attached hydrogen (secondary N) is 2. The van der Waals surface area contributed by atoms with Crippen molar-refractivity contribution >= 4 is 43.8 Å². The summed E-state index contributed by atoms with van der Waals surface area (Å²) >= 11 is 0. The molecule has 0 bridgehead atoms. The number of benzene rings is 2. The lowest BCUT2D eigenvalue weighted by Crippen LogP contribution is -2.56. The second-order valence-corrected chi connectivity index (χ2v) is 10.6. The number of hydrogen-bond acceptors (Lipinski definition) is 7. The average molecular weight is 545 g/mol. The largest absolute Gasteiger partial charge is 0.547 e. The summed E-state index contributed by atoms with van der Waals surface area (Å²) in [6.45, 7) is 0.175. The van der Waals surface area contributed by atoms with Crippen LogP contribution in [0.25, 0.3) is 0 Å². The van der Waals surface area contributed by atoms with Gasteiger partial charge in [0.1, 0.15) is 11.8 Å². The molecule has 4 amide bonds. The smallest absolute Gasteiger partial charge is 0.534 e. The molecule has 2 unspecified atom stereocenters. The van der Waals surface area contributed by atoms with E-state index in [1.54, 1.807) is 6.07 Å². The van der Waals surface area contributed by atoms with E-state index in [9.17, 15) is 43.7 Å². The number of piperidine rings is 1. The highest BCUT2D eigenvalue weighted by Crippen LogP contribution is 2.33. The average Bonchev–Trinajstić information content (AvgIpc) is 2.87. The molecule has 0 spiro atoms. The predicted molar refractivity (Wildman–Crippen MR) is 133 cm³/mol. The lowest BCUT2D eigenvalue weighted by atomic mass is 9.72. The topological polar surface area (TPSA) is 203 Å². The Labute approximate surface area is 217 Å². The molecule has 4 rings (SSSR count). The number of likely N-dealkylation sites (tertiary alicyclic amines) is 1. The number of carboxylic acids is 1. The van der Waals surface area contributed by atoms with Crippen molar-refractivity contribution in [1.82, 2.24) is 15.5 Å². The molecule has 6 N–H and O–H groups in total. The van der Waals surface area contributed by atoms with Crippen LogP contribution < -0.4 is 20.6 Å². The summed E-state index contributed by atoms with van der Waals surface area (Å²) in [7, 11) is -6.17. The lowest BCUT2D eigenvalue weighted by molar-refractivity contribution is -0.130. The van der Waals surface area contributed by atoms with Crippen LogP contribution in [0.4, 0.5) is 4.79 Å². The maximum absolute atomic E-state index is 13.4. The molecule has 0 saturated carbocycles. The van der Waals surface area contributed by atoms with Crippen LogP contribution in [0.5, 0.6) is 5.75 Å². The summed E-state index contributed by atoms with van der Waals surface area (Å²) < 4.78 is 17.0. The van der Waals surface area contributed by atoms with Crippen LogP contribution in [0, 0.1) is 0 Å². The number of nitrogens with zero attached hydrogens (tertiary/aromatic N) is 1. The van der Waals surface area contributed by atoms with Gasteiger partial charge in [-0.2, -0.15) is 0 Å². The summed E-state index contributed by atoms with van der Waals surface area (Å²) in [6.07, 6.45) is 1.45. The van der Waals surface area contributed by atoms with E-state index in [-0.39, 0.29) is 41.6 Å². The van der Waals surface area contributed by atoms with Gasteiger partial charge in [0.05, 0.1) is 16.8 Å². The van der Waals surface area contributed by atoms with Gasteiger partial charge in [-0.3, -0.25) is 19.1 Å². The third-order valence-electron chi connectivity index (χ3n) is 6.34. The quantitative estimate of drug-likeness (QED) is 0.213. The molecule has 2 aliphatic rings. The van der Waals surface area contributed by atoms with Gasteiger partial charge < -0.3 is 35.2 Å². The number of carboxylic acid groups (broad SMARTS) is 1. The number of hydrogen-bond donors (Lipinski definition) is 6. The number of urea groups is 1. The Bertz CT molecular complexity index is 1320.